The molecule has 0 aliphatic carbocycles. The molecule has 5 aromatic rings. The Balaban J connectivity index is 1.97. The summed E-state index contributed by atoms with van der Waals surface area (Å²) in [4.78, 5) is 27.7. The molecule has 0 fully saturated rings. The first-order valence-corrected chi connectivity index (χ1v) is 10.0. The van der Waals surface area contributed by atoms with E-state index in [0.717, 1.165) is 17.5 Å². The van der Waals surface area contributed by atoms with E-state index < -0.39 is 0 Å². The molecule has 0 aliphatic rings. The third kappa shape index (κ3) is 2.91. The van der Waals surface area contributed by atoms with Crippen LogP contribution in [0.15, 0.2) is 53.6 Å². The lowest BCUT2D eigenvalue weighted by Gasteiger charge is -2.13. The van der Waals surface area contributed by atoms with Gasteiger partial charge in [0.1, 0.15) is 22.4 Å². The van der Waals surface area contributed by atoms with E-state index in [9.17, 15) is 4.79 Å². The van der Waals surface area contributed by atoms with E-state index in [1.165, 1.54) is 0 Å². The van der Waals surface area contributed by atoms with Gasteiger partial charge in [-0.05, 0) is 30.7 Å². The van der Waals surface area contributed by atoms with Crippen LogP contribution in [-0.2, 0) is 6.54 Å². The van der Waals surface area contributed by atoms with Crippen molar-refractivity contribution in [1.82, 2.24) is 24.1 Å². The van der Waals surface area contributed by atoms with Crippen molar-refractivity contribution in [1.29, 1.82) is 0 Å². The molecule has 8 nitrogen and oxygen atoms in total. The molecule has 0 N–H and O–H groups in total. The molecule has 5 rings (SSSR count). The number of aryl methyl sites for hydroxylation is 1. The van der Waals surface area contributed by atoms with Gasteiger partial charge in [0, 0.05) is 12.6 Å². The van der Waals surface area contributed by atoms with Gasteiger partial charge in [-0.2, -0.15) is 0 Å². The number of ether oxygens (including phenoxy) is 2. The predicted octanol–water partition coefficient (Wildman–Crippen LogP) is 3.71. The van der Waals surface area contributed by atoms with E-state index in [1.807, 2.05) is 47.9 Å². The standard InChI is InChI=1S/C23H21N5O3/c1-4-11-27-13-24-21-19(23(27)29)20-22(26-16-8-6-5-7-15(16)25-20)28(21)17-10-9-14(30-2)12-18(17)31-3/h5-10,12-13H,4,11H2,1-3H3. The second-order valence-corrected chi connectivity index (χ2v) is 7.20. The Hall–Kier alpha value is -3.94. The quantitative estimate of drug-likeness (QED) is 0.435. The number of hydrogen-bond donors (Lipinski definition) is 0. The van der Waals surface area contributed by atoms with E-state index in [2.05, 4.69) is 4.98 Å². The van der Waals surface area contributed by atoms with Crippen molar-refractivity contribution in [2.45, 2.75) is 19.9 Å². The van der Waals surface area contributed by atoms with E-state index >= 15 is 0 Å². The molecule has 3 aromatic heterocycles. The van der Waals surface area contributed by atoms with Crippen LogP contribution >= 0.6 is 0 Å². The van der Waals surface area contributed by atoms with Crippen LogP contribution in [0, 0.1) is 0 Å². The molecule has 0 radical (unpaired) electrons. The molecule has 0 amide bonds. The minimum atomic E-state index is -0.132. The van der Waals surface area contributed by atoms with Gasteiger partial charge in [0.25, 0.3) is 5.56 Å². The fourth-order valence-corrected chi connectivity index (χ4v) is 3.87. The van der Waals surface area contributed by atoms with Crippen LogP contribution in [0.1, 0.15) is 13.3 Å². The molecule has 8 heteroatoms. The third-order valence-electron chi connectivity index (χ3n) is 5.32. The van der Waals surface area contributed by atoms with Crippen LogP contribution in [0.25, 0.3) is 38.9 Å². The summed E-state index contributed by atoms with van der Waals surface area (Å²) in [5.74, 6) is 1.24. The highest BCUT2D eigenvalue weighted by Crippen LogP contribution is 2.34. The average molecular weight is 415 g/mol. The SMILES string of the molecule is CCCn1cnc2c(c1=O)c1nc3ccccc3nc1n2-c1ccc(OC)cc1OC. The summed E-state index contributed by atoms with van der Waals surface area (Å²) in [5, 5.41) is 0.446. The third-order valence-corrected chi connectivity index (χ3v) is 5.32. The Labute approximate surface area is 177 Å². The monoisotopic (exact) mass is 415 g/mol. The van der Waals surface area contributed by atoms with Gasteiger partial charge >= 0.3 is 0 Å². The molecule has 0 saturated heterocycles. The largest absolute Gasteiger partial charge is 0.497 e. The van der Waals surface area contributed by atoms with E-state index in [-0.39, 0.29) is 5.56 Å². The lowest BCUT2D eigenvalue weighted by atomic mass is 10.2. The van der Waals surface area contributed by atoms with Gasteiger partial charge < -0.3 is 9.47 Å². The highest BCUT2D eigenvalue weighted by Gasteiger charge is 2.22. The Morgan fingerprint density at radius 2 is 1.74 bits per heavy atom. The first-order chi connectivity index (χ1) is 15.2. The zero-order valence-electron chi connectivity index (χ0n) is 17.5. The molecule has 3 heterocycles. The molecular formula is C23H21N5O3. The summed E-state index contributed by atoms with van der Waals surface area (Å²) in [5.41, 5.74) is 3.60. The molecule has 0 aliphatic heterocycles. The van der Waals surface area contributed by atoms with Crippen molar-refractivity contribution in [2.75, 3.05) is 14.2 Å². The number of methoxy groups -OCH3 is 2. The molecule has 0 bridgehead atoms. The summed E-state index contributed by atoms with van der Waals surface area (Å²) in [6, 6.07) is 13.1. The van der Waals surface area contributed by atoms with Crippen LogP contribution in [0.2, 0.25) is 0 Å². The van der Waals surface area contributed by atoms with Gasteiger partial charge in [-0.1, -0.05) is 19.1 Å². The summed E-state index contributed by atoms with van der Waals surface area (Å²) in [6.45, 7) is 2.61. The summed E-state index contributed by atoms with van der Waals surface area (Å²) in [6.07, 6.45) is 2.41. The lowest BCUT2D eigenvalue weighted by Crippen LogP contribution is -2.20. The number of rotatable bonds is 5. The number of para-hydroxylation sites is 2. The smallest absolute Gasteiger partial charge is 0.265 e. The summed E-state index contributed by atoms with van der Waals surface area (Å²) in [7, 11) is 3.19. The second kappa shape index (κ2) is 7.39. The maximum atomic E-state index is 13.4. The highest BCUT2D eigenvalue weighted by molar-refractivity contribution is 6.06. The number of hydrogen-bond acceptors (Lipinski definition) is 6. The number of fused-ring (bicyclic) bond motifs is 4. The molecule has 31 heavy (non-hydrogen) atoms. The van der Waals surface area contributed by atoms with Gasteiger partial charge in [-0.3, -0.25) is 13.9 Å². The fourth-order valence-electron chi connectivity index (χ4n) is 3.87. The zero-order chi connectivity index (χ0) is 21.5. The molecule has 2 aromatic carbocycles. The van der Waals surface area contributed by atoms with Crippen molar-refractivity contribution in [2.24, 2.45) is 0 Å². The summed E-state index contributed by atoms with van der Waals surface area (Å²) >= 11 is 0. The molecule has 0 spiro atoms. The average Bonchev–Trinajstić information content (AvgIpc) is 3.12. The Bertz CT molecular complexity index is 1500. The Morgan fingerprint density at radius 3 is 2.45 bits per heavy atom. The molecule has 156 valence electrons. The van der Waals surface area contributed by atoms with Crippen molar-refractivity contribution in [3.8, 4) is 17.2 Å². The van der Waals surface area contributed by atoms with Crippen LogP contribution < -0.4 is 15.0 Å². The van der Waals surface area contributed by atoms with Crippen molar-refractivity contribution >= 4 is 33.2 Å². The minimum Gasteiger partial charge on any atom is -0.497 e. The first kappa shape index (κ1) is 19.0. The zero-order valence-corrected chi connectivity index (χ0v) is 17.5. The Kier molecular flexibility index (Phi) is 4.54. The highest BCUT2D eigenvalue weighted by atomic mass is 16.5. The van der Waals surface area contributed by atoms with Gasteiger partial charge in [0.15, 0.2) is 11.3 Å². The maximum Gasteiger partial charge on any atom is 0.265 e. The first-order valence-electron chi connectivity index (χ1n) is 10.0. The topological polar surface area (TPSA) is 84.1 Å². The maximum absolute atomic E-state index is 13.4. The van der Waals surface area contributed by atoms with Crippen LogP contribution in [0.5, 0.6) is 11.5 Å². The van der Waals surface area contributed by atoms with E-state index in [4.69, 9.17) is 19.4 Å². The van der Waals surface area contributed by atoms with Crippen LogP contribution in [-0.4, -0.2) is 38.3 Å². The molecule has 0 saturated carbocycles. The van der Waals surface area contributed by atoms with E-state index in [1.54, 1.807) is 31.2 Å². The van der Waals surface area contributed by atoms with Crippen molar-refractivity contribution in [3.05, 3.63) is 59.1 Å². The van der Waals surface area contributed by atoms with Crippen molar-refractivity contribution in [3.63, 3.8) is 0 Å². The predicted molar refractivity (Wildman–Crippen MR) is 119 cm³/mol. The summed E-state index contributed by atoms with van der Waals surface area (Å²) < 4.78 is 14.4. The van der Waals surface area contributed by atoms with Crippen molar-refractivity contribution < 1.29 is 9.47 Å². The van der Waals surface area contributed by atoms with Gasteiger partial charge in [-0.25, -0.2) is 15.0 Å². The van der Waals surface area contributed by atoms with Gasteiger partial charge in [-0.15, -0.1) is 0 Å². The molecule has 0 unspecified atom stereocenters. The second-order valence-electron chi connectivity index (χ2n) is 7.20. The van der Waals surface area contributed by atoms with Gasteiger partial charge in [0.2, 0.25) is 0 Å². The number of nitrogens with zero attached hydrogens (tertiary/aromatic N) is 5. The Morgan fingerprint density at radius 1 is 0.968 bits per heavy atom. The normalized spacial score (nSPS) is 11.5. The van der Waals surface area contributed by atoms with Gasteiger partial charge in [0.05, 0.1) is 37.3 Å². The molecular weight excluding hydrogens is 394 g/mol. The number of aromatic nitrogens is 5. The molecule has 0 atom stereocenters. The van der Waals surface area contributed by atoms with E-state index in [0.29, 0.717) is 45.9 Å². The number of benzene rings is 2. The van der Waals surface area contributed by atoms with Crippen LogP contribution in [0.3, 0.4) is 0 Å². The van der Waals surface area contributed by atoms with Crippen LogP contribution in [0.4, 0.5) is 0 Å². The minimum absolute atomic E-state index is 0.132. The lowest BCUT2D eigenvalue weighted by molar-refractivity contribution is 0.393. The fraction of sp³-hybridized carbons (Fsp3) is 0.217.